The summed E-state index contributed by atoms with van der Waals surface area (Å²) in [5, 5.41) is 11.6. The van der Waals surface area contributed by atoms with Gasteiger partial charge in [-0.05, 0) is 47.0 Å². The maximum absolute atomic E-state index is 10.8. The fraction of sp³-hybridized carbons (Fsp3) is 1.00. The highest BCUT2D eigenvalue weighted by Gasteiger charge is 2.48. The van der Waals surface area contributed by atoms with Gasteiger partial charge in [-0.15, -0.1) is 15.2 Å². The lowest BCUT2D eigenvalue weighted by Gasteiger charge is -2.52. The van der Waals surface area contributed by atoms with Gasteiger partial charge in [-0.1, -0.05) is 39.0 Å². The zero-order chi connectivity index (χ0) is 17.5. The largest absolute Gasteiger partial charge is 0.378 e. The van der Waals surface area contributed by atoms with E-state index in [0.29, 0.717) is 0 Å². The van der Waals surface area contributed by atoms with Gasteiger partial charge in [-0.2, -0.15) is 0 Å². The molecule has 1 fully saturated rings. The van der Waals surface area contributed by atoms with Crippen LogP contribution in [0.3, 0.4) is 0 Å². The second-order valence-electron chi connectivity index (χ2n) is 7.89. The van der Waals surface area contributed by atoms with Gasteiger partial charge in [0.05, 0.1) is 6.10 Å². The van der Waals surface area contributed by atoms with E-state index in [9.17, 15) is 10.1 Å². The maximum Gasteiger partial charge on any atom is 0.312 e. The zero-order valence-electron chi connectivity index (χ0n) is 15.5. The lowest BCUT2D eigenvalue weighted by atomic mass is 9.80. The van der Waals surface area contributed by atoms with Gasteiger partial charge in [0.2, 0.25) is 0 Å². The lowest BCUT2D eigenvalue weighted by Crippen LogP contribution is -2.62. The third-order valence-corrected chi connectivity index (χ3v) is 4.55. The van der Waals surface area contributed by atoms with Gasteiger partial charge in [-0.3, -0.25) is 0 Å². The van der Waals surface area contributed by atoms with Crippen molar-refractivity contribution < 1.29 is 14.8 Å². The third-order valence-electron chi connectivity index (χ3n) is 4.55. The van der Waals surface area contributed by atoms with Gasteiger partial charge in [-0.25, -0.2) is 4.94 Å². The predicted molar refractivity (Wildman–Crippen MR) is 90.4 cm³/mol. The minimum atomic E-state index is -0.721. The van der Waals surface area contributed by atoms with Crippen LogP contribution in [0.25, 0.3) is 0 Å². The Morgan fingerprint density at radius 2 is 1.57 bits per heavy atom. The molecule has 0 bridgehead atoms. The number of nitrogens with zero attached hydrogens (tertiary/aromatic N) is 2. The Kier molecular flexibility index (Phi) is 7.74. The number of piperidine rings is 1. The van der Waals surface area contributed by atoms with Crippen molar-refractivity contribution >= 4 is 0 Å². The van der Waals surface area contributed by atoms with E-state index in [4.69, 9.17) is 9.68 Å². The summed E-state index contributed by atoms with van der Waals surface area (Å²) < 4.78 is 6.06. The van der Waals surface area contributed by atoms with Gasteiger partial charge in [0.25, 0.3) is 0 Å². The first-order valence-electron chi connectivity index (χ1n) is 8.93. The standard InChI is InChI=1S/C17H34N2O4/c1-6-7-8-9-10-11-12-22-15-13-16(2,3)18(23-19(20)21)17(4,5)14-15/h15H,6-14H2,1-5H3. The number of hydrogen-bond donors (Lipinski definition) is 0. The fourth-order valence-corrected chi connectivity index (χ4v) is 3.71. The Hall–Kier alpha value is -0.880. The molecule has 0 aromatic rings. The van der Waals surface area contributed by atoms with E-state index in [-0.39, 0.29) is 6.10 Å². The zero-order valence-corrected chi connectivity index (χ0v) is 15.5. The van der Waals surface area contributed by atoms with Crippen molar-refractivity contribution in [3.8, 4) is 0 Å². The second-order valence-corrected chi connectivity index (χ2v) is 7.89. The van der Waals surface area contributed by atoms with Crippen LogP contribution < -0.4 is 0 Å². The Balaban J connectivity index is 2.41. The highest BCUT2D eigenvalue weighted by atomic mass is 17.0. The SMILES string of the molecule is CCCCCCCCOC1CC(C)(C)N(O[N+](=O)[O-])C(C)(C)C1. The number of ether oxygens (including phenoxy) is 1. The van der Waals surface area contributed by atoms with Gasteiger partial charge in [0.15, 0.2) is 0 Å². The molecule has 0 spiro atoms. The van der Waals surface area contributed by atoms with Gasteiger partial charge >= 0.3 is 5.09 Å². The maximum atomic E-state index is 10.8. The molecule has 6 heteroatoms. The molecule has 0 aliphatic carbocycles. The van der Waals surface area contributed by atoms with Crippen LogP contribution in [0.5, 0.6) is 0 Å². The van der Waals surface area contributed by atoms with Crippen LogP contribution in [-0.2, 0) is 9.68 Å². The molecule has 0 amide bonds. The molecule has 0 unspecified atom stereocenters. The first kappa shape index (κ1) is 20.2. The molecule has 1 saturated heterocycles. The Bertz CT molecular complexity index is 354. The molecule has 23 heavy (non-hydrogen) atoms. The summed E-state index contributed by atoms with van der Waals surface area (Å²) in [7, 11) is 0. The molecule has 0 aromatic carbocycles. The number of hydrogen-bond acceptors (Lipinski definition) is 5. The minimum absolute atomic E-state index is 0.127. The third kappa shape index (κ3) is 6.63. The van der Waals surface area contributed by atoms with Gasteiger partial charge in [0, 0.05) is 17.7 Å². The molecular formula is C17H34N2O4. The Morgan fingerprint density at radius 3 is 2.09 bits per heavy atom. The molecule has 1 aliphatic heterocycles. The topological polar surface area (TPSA) is 64.8 Å². The van der Waals surface area contributed by atoms with E-state index in [1.54, 1.807) is 0 Å². The average molecular weight is 330 g/mol. The van der Waals surface area contributed by atoms with Crippen molar-refractivity contribution in [1.82, 2.24) is 5.06 Å². The first-order valence-corrected chi connectivity index (χ1v) is 8.93. The number of rotatable bonds is 10. The fourth-order valence-electron chi connectivity index (χ4n) is 3.71. The van der Waals surface area contributed by atoms with Crippen LogP contribution >= 0.6 is 0 Å². The van der Waals surface area contributed by atoms with E-state index >= 15 is 0 Å². The molecule has 0 atom stereocenters. The van der Waals surface area contributed by atoms with Crippen molar-refractivity contribution in [3.05, 3.63) is 10.1 Å². The van der Waals surface area contributed by atoms with Crippen molar-refractivity contribution in [2.24, 2.45) is 0 Å². The van der Waals surface area contributed by atoms with Crippen LogP contribution in [0.4, 0.5) is 0 Å². The first-order chi connectivity index (χ1) is 10.7. The van der Waals surface area contributed by atoms with Gasteiger partial charge < -0.3 is 4.74 Å². The molecule has 0 aromatic heterocycles. The second kappa shape index (κ2) is 8.83. The average Bonchev–Trinajstić information content (AvgIpc) is 2.41. The summed E-state index contributed by atoms with van der Waals surface area (Å²) in [4.78, 5) is 15.6. The Labute approximate surface area is 140 Å². The monoisotopic (exact) mass is 330 g/mol. The van der Waals surface area contributed by atoms with E-state index in [1.165, 1.54) is 37.2 Å². The van der Waals surface area contributed by atoms with Crippen molar-refractivity contribution in [3.63, 3.8) is 0 Å². The lowest BCUT2D eigenvalue weighted by molar-refractivity contribution is -0.823. The molecular weight excluding hydrogens is 296 g/mol. The van der Waals surface area contributed by atoms with Crippen molar-refractivity contribution in [2.75, 3.05) is 6.61 Å². The predicted octanol–water partition coefficient (Wildman–Crippen LogP) is 4.51. The van der Waals surface area contributed by atoms with Crippen LogP contribution in [0.2, 0.25) is 0 Å². The molecule has 0 radical (unpaired) electrons. The summed E-state index contributed by atoms with van der Waals surface area (Å²) in [6.07, 6.45) is 9.09. The summed E-state index contributed by atoms with van der Waals surface area (Å²) in [6.45, 7) is 10.9. The number of unbranched alkanes of at least 4 members (excludes halogenated alkanes) is 5. The smallest absolute Gasteiger partial charge is 0.312 e. The quantitative estimate of drug-likeness (QED) is 0.335. The Morgan fingerprint density at radius 1 is 1.04 bits per heavy atom. The molecule has 136 valence electrons. The van der Waals surface area contributed by atoms with Crippen LogP contribution in [0.1, 0.15) is 86.0 Å². The molecule has 1 rings (SSSR count). The van der Waals surface area contributed by atoms with Crippen LogP contribution in [0.15, 0.2) is 0 Å². The molecule has 6 nitrogen and oxygen atoms in total. The van der Waals surface area contributed by atoms with Crippen molar-refractivity contribution in [2.45, 2.75) is 103 Å². The summed E-state index contributed by atoms with van der Waals surface area (Å²) in [5.41, 5.74) is -0.860. The highest BCUT2D eigenvalue weighted by molar-refractivity contribution is 4.97. The van der Waals surface area contributed by atoms with E-state index < -0.39 is 16.2 Å². The van der Waals surface area contributed by atoms with Crippen molar-refractivity contribution in [1.29, 1.82) is 0 Å². The van der Waals surface area contributed by atoms with Gasteiger partial charge in [0.1, 0.15) is 0 Å². The summed E-state index contributed by atoms with van der Waals surface area (Å²) in [5.74, 6) is 0. The van der Waals surface area contributed by atoms with E-state index in [2.05, 4.69) is 6.92 Å². The summed E-state index contributed by atoms with van der Waals surface area (Å²) >= 11 is 0. The normalized spacial score (nSPS) is 21.3. The molecule has 1 heterocycles. The van der Waals surface area contributed by atoms with E-state index in [0.717, 1.165) is 25.9 Å². The molecule has 0 saturated carbocycles. The van der Waals surface area contributed by atoms with Crippen LogP contribution in [-0.4, -0.2) is 33.9 Å². The highest BCUT2D eigenvalue weighted by Crippen LogP contribution is 2.39. The van der Waals surface area contributed by atoms with Crippen LogP contribution in [0, 0.1) is 10.1 Å². The molecule has 1 aliphatic rings. The molecule has 0 N–H and O–H groups in total. The number of hydroxylamine groups is 2. The van der Waals surface area contributed by atoms with E-state index in [1.807, 2.05) is 27.7 Å². The minimum Gasteiger partial charge on any atom is -0.378 e. The summed E-state index contributed by atoms with van der Waals surface area (Å²) in [6, 6.07) is 0.